The maximum Gasteiger partial charge on any atom is 0.303 e. The van der Waals surface area contributed by atoms with Gasteiger partial charge in [-0.15, -0.1) is 0 Å². The molecule has 0 heterocycles. The number of unbranched alkanes of at least 4 members (excludes halogenated alkanes) is 2. The van der Waals surface area contributed by atoms with Gasteiger partial charge in [0.1, 0.15) is 5.56 Å². The van der Waals surface area contributed by atoms with Crippen molar-refractivity contribution in [3.63, 3.8) is 0 Å². The molecule has 1 amide bonds. The standard InChI is InChI=1S/C14H18N2O5/c1-10-6-7-12(16(20)21)11(9-10)14(19)15-8-4-2-3-5-13(17)18/h6-7,9H,2-5,8H2,1H3,(H,15,19)(H,17,18). The molecule has 2 N–H and O–H groups in total. The minimum Gasteiger partial charge on any atom is -0.481 e. The summed E-state index contributed by atoms with van der Waals surface area (Å²) in [5, 5.41) is 22.0. The first-order chi connectivity index (χ1) is 9.91. The molecule has 1 rings (SSSR count). The van der Waals surface area contributed by atoms with Crippen molar-refractivity contribution in [2.75, 3.05) is 6.54 Å². The molecule has 0 saturated carbocycles. The van der Waals surface area contributed by atoms with Crippen LogP contribution in [0.3, 0.4) is 0 Å². The van der Waals surface area contributed by atoms with Crippen LogP contribution < -0.4 is 5.32 Å². The molecule has 21 heavy (non-hydrogen) atoms. The Bertz CT molecular complexity index is 542. The van der Waals surface area contributed by atoms with Crippen molar-refractivity contribution >= 4 is 17.6 Å². The van der Waals surface area contributed by atoms with Gasteiger partial charge in [0.15, 0.2) is 0 Å². The van der Waals surface area contributed by atoms with Gasteiger partial charge in [0, 0.05) is 19.0 Å². The van der Waals surface area contributed by atoms with E-state index in [1.165, 1.54) is 12.1 Å². The molecule has 0 unspecified atom stereocenters. The highest BCUT2D eigenvalue weighted by atomic mass is 16.6. The lowest BCUT2D eigenvalue weighted by Gasteiger charge is -2.06. The number of nitro groups is 1. The van der Waals surface area contributed by atoms with Crippen molar-refractivity contribution in [1.29, 1.82) is 0 Å². The topological polar surface area (TPSA) is 110 Å². The van der Waals surface area contributed by atoms with Crippen LogP contribution in [-0.2, 0) is 4.79 Å². The molecule has 7 heteroatoms. The van der Waals surface area contributed by atoms with Crippen molar-refractivity contribution in [2.24, 2.45) is 0 Å². The smallest absolute Gasteiger partial charge is 0.303 e. The number of amides is 1. The fourth-order valence-corrected chi connectivity index (χ4v) is 1.87. The first-order valence-corrected chi connectivity index (χ1v) is 6.67. The number of carboxylic acid groups (broad SMARTS) is 1. The number of carbonyl (C=O) groups is 2. The lowest BCUT2D eigenvalue weighted by Crippen LogP contribution is -2.25. The largest absolute Gasteiger partial charge is 0.481 e. The molecule has 7 nitrogen and oxygen atoms in total. The van der Waals surface area contributed by atoms with Crippen LogP contribution in [0.25, 0.3) is 0 Å². The molecular weight excluding hydrogens is 276 g/mol. The summed E-state index contributed by atoms with van der Waals surface area (Å²) in [5.74, 6) is -1.32. The van der Waals surface area contributed by atoms with Gasteiger partial charge in [-0.3, -0.25) is 19.7 Å². The highest BCUT2D eigenvalue weighted by Gasteiger charge is 2.19. The third kappa shape index (κ3) is 5.60. The van der Waals surface area contributed by atoms with Crippen LogP contribution >= 0.6 is 0 Å². The van der Waals surface area contributed by atoms with E-state index < -0.39 is 16.8 Å². The van der Waals surface area contributed by atoms with Gasteiger partial charge in [0.2, 0.25) is 0 Å². The van der Waals surface area contributed by atoms with E-state index in [-0.39, 0.29) is 17.7 Å². The molecule has 0 fully saturated rings. The Morgan fingerprint density at radius 3 is 2.62 bits per heavy atom. The predicted octanol–water partition coefficient (Wildman–Crippen LogP) is 2.28. The first-order valence-electron chi connectivity index (χ1n) is 6.67. The van der Waals surface area contributed by atoms with Crippen molar-refractivity contribution in [3.8, 4) is 0 Å². The Morgan fingerprint density at radius 2 is 2.00 bits per heavy atom. The fraction of sp³-hybridized carbons (Fsp3) is 0.429. The number of nitro benzene ring substituents is 1. The molecular formula is C14H18N2O5. The molecule has 0 aliphatic carbocycles. The SMILES string of the molecule is Cc1ccc([N+](=O)[O-])c(C(=O)NCCCCCC(=O)O)c1. The van der Waals surface area contributed by atoms with Crippen LogP contribution in [0.1, 0.15) is 41.6 Å². The van der Waals surface area contributed by atoms with E-state index in [4.69, 9.17) is 5.11 Å². The number of nitrogens with one attached hydrogen (secondary N) is 1. The van der Waals surface area contributed by atoms with Gasteiger partial charge in [-0.05, 0) is 31.4 Å². The molecule has 0 aliphatic heterocycles. The average Bonchev–Trinajstić information content (AvgIpc) is 2.41. The van der Waals surface area contributed by atoms with E-state index in [1.54, 1.807) is 13.0 Å². The monoisotopic (exact) mass is 294 g/mol. The number of aliphatic carboxylic acids is 1. The van der Waals surface area contributed by atoms with Crippen molar-refractivity contribution in [3.05, 3.63) is 39.4 Å². The Balaban J connectivity index is 2.50. The third-order valence-corrected chi connectivity index (χ3v) is 2.95. The molecule has 0 aliphatic rings. The van der Waals surface area contributed by atoms with Gasteiger partial charge in [0.05, 0.1) is 4.92 Å². The highest BCUT2D eigenvalue weighted by Crippen LogP contribution is 2.19. The summed E-state index contributed by atoms with van der Waals surface area (Å²) in [6.45, 7) is 2.12. The molecule has 0 spiro atoms. The summed E-state index contributed by atoms with van der Waals surface area (Å²) in [6, 6.07) is 4.38. The van der Waals surface area contributed by atoms with Crippen molar-refractivity contribution in [1.82, 2.24) is 5.32 Å². The van der Waals surface area contributed by atoms with Crippen molar-refractivity contribution in [2.45, 2.75) is 32.6 Å². The van der Waals surface area contributed by atoms with Crippen LogP contribution in [0, 0.1) is 17.0 Å². The number of hydrogen-bond donors (Lipinski definition) is 2. The van der Waals surface area contributed by atoms with Gasteiger partial charge in [-0.25, -0.2) is 0 Å². The maximum absolute atomic E-state index is 12.0. The zero-order valence-corrected chi connectivity index (χ0v) is 11.8. The van der Waals surface area contributed by atoms with Gasteiger partial charge in [-0.2, -0.15) is 0 Å². The highest BCUT2D eigenvalue weighted by molar-refractivity contribution is 5.98. The van der Waals surface area contributed by atoms with E-state index >= 15 is 0 Å². The van der Waals surface area contributed by atoms with E-state index in [0.29, 0.717) is 25.8 Å². The van der Waals surface area contributed by atoms with Crippen LogP contribution in [0.2, 0.25) is 0 Å². The van der Waals surface area contributed by atoms with E-state index in [9.17, 15) is 19.7 Å². The summed E-state index contributed by atoms with van der Waals surface area (Å²) in [7, 11) is 0. The zero-order chi connectivity index (χ0) is 15.8. The van der Waals surface area contributed by atoms with E-state index in [0.717, 1.165) is 5.56 Å². The van der Waals surface area contributed by atoms with Gasteiger partial charge in [0.25, 0.3) is 11.6 Å². The first kappa shape index (κ1) is 16.6. The second kappa shape index (κ2) is 7.98. The van der Waals surface area contributed by atoms with Gasteiger partial charge >= 0.3 is 5.97 Å². The lowest BCUT2D eigenvalue weighted by molar-refractivity contribution is -0.385. The lowest BCUT2D eigenvalue weighted by atomic mass is 10.1. The number of carboxylic acids is 1. The maximum atomic E-state index is 12.0. The third-order valence-electron chi connectivity index (χ3n) is 2.95. The summed E-state index contributed by atoms with van der Waals surface area (Å²) < 4.78 is 0. The normalized spacial score (nSPS) is 10.1. The molecule has 0 bridgehead atoms. The Morgan fingerprint density at radius 1 is 1.29 bits per heavy atom. The Kier molecular flexibility index (Phi) is 6.32. The Labute approximate surface area is 122 Å². The number of hydrogen-bond acceptors (Lipinski definition) is 4. The molecule has 1 aromatic rings. The number of carbonyl (C=O) groups excluding carboxylic acids is 1. The van der Waals surface area contributed by atoms with E-state index in [1.807, 2.05) is 0 Å². The van der Waals surface area contributed by atoms with Crippen LogP contribution in [0.4, 0.5) is 5.69 Å². The molecule has 0 radical (unpaired) electrons. The molecule has 0 aromatic heterocycles. The number of aryl methyl sites for hydroxylation is 1. The second-order valence-electron chi connectivity index (χ2n) is 4.74. The molecule has 1 aromatic carbocycles. The van der Waals surface area contributed by atoms with Crippen molar-refractivity contribution < 1.29 is 19.6 Å². The molecule has 114 valence electrons. The average molecular weight is 294 g/mol. The van der Waals surface area contributed by atoms with Crippen LogP contribution in [0.5, 0.6) is 0 Å². The number of nitrogens with zero attached hydrogens (tertiary/aromatic N) is 1. The number of benzene rings is 1. The summed E-state index contributed by atoms with van der Waals surface area (Å²) in [5.41, 5.74) is 0.599. The summed E-state index contributed by atoms with van der Waals surface area (Å²) in [4.78, 5) is 32.6. The molecule has 0 saturated heterocycles. The zero-order valence-electron chi connectivity index (χ0n) is 11.8. The minimum atomic E-state index is -0.838. The second-order valence-corrected chi connectivity index (χ2v) is 4.74. The van der Waals surface area contributed by atoms with Gasteiger partial charge < -0.3 is 10.4 Å². The summed E-state index contributed by atoms with van der Waals surface area (Å²) in [6.07, 6.45) is 1.98. The van der Waals surface area contributed by atoms with Crippen LogP contribution in [-0.4, -0.2) is 28.5 Å². The predicted molar refractivity (Wildman–Crippen MR) is 76.3 cm³/mol. The minimum absolute atomic E-state index is 0.0468. The van der Waals surface area contributed by atoms with Gasteiger partial charge in [-0.1, -0.05) is 12.5 Å². The Hall–Kier alpha value is -2.44. The quantitative estimate of drug-likeness (QED) is 0.434. The van der Waals surface area contributed by atoms with E-state index in [2.05, 4.69) is 5.32 Å². The molecule has 0 atom stereocenters. The summed E-state index contributed by atoms with van der Waals surface area (Å²) >= 11 is 0. The fourth-order valence-electron chi connectivity index (χ4n) is 1.87. The number of rotatable bonds is 8. The van der Waals surface area contributed by atoms with Crippen LogP contribution in [0.15, 0.2) is 18.2 Å².